The number of anilines is 1. The molecule has 1 aromatic rings. The Morgan fingerprint density at radius 3 is 2.94 bits per heavy atom. The number of hydrogen-bond donors (Lipinski definition) is 2. The van der Waals surface area contributed by atoms with Crippen molar-refractivity contribution in [2.24, 2.45) is 5.41 Å². The molecule has 7 heteroatoms. The van der Waals surface area contributed by atoms with Crippen LogP contribution in [0.25, 0.3) is 0 Å². The fraction of sp³-hybridized carbons (Fsp3) is 0.727. The summed E-state index contributed by atoms with van der Waals surface area (Å²) >= 11 is 1.26. The molecule has 0 saturated carbocycles. The van der Waals surface area contributed by atoms with Crippen LogP contribution in [0.1, 0.15) is 32.5 Å². The number of carbonyl (C=O) groups is 1. The fourth-order valence-electron chi connectivity index (χ4n) is 1.76. The van der Waals surface area contributed by atoms with E-state index < -0.39 is 11.4 Å². The average Bonchev–Trinajstić information content (AvgIpc) is 2.88. The Morgan fingerprint density at radius 1 is 1.67 bits per heavy atom. The zero-order chi connectivity index (χ0) is 13.3. The third-order valence-corrected chi connectivity index (χ3v) is 3.86. The maximum absolute atomic E-state index is 11.3. The van der Waals surface area contributed by atoms with Crippen molar-refractivity contribution in [3.05, 3.63) is 5.82 Å². The zero-order valence-electron chi connectivity index (χ0n) is 10.6. The smallest absolute Gasteiger partial charge is 0.313 e. The van der Waals surface area contributed by atoms with Crippen molar-refractivity contribution < 1.29 is 14.6 Å². The quantitative estimate of drug-likeness (QED) is 0.864. The van der Waals surface area contributed by atoms with E-state index in [1.54, 1.807) is 6.92 Å². The van der Waals surface area contributed by atoms with Gasteiger partial charge < -0.3 is 15.2 Å². The number of nitrogens with zero attached hydrogens (tertiary/aromatic N) is 2. The highest BCUT2D eigenvalue weighted by Gasteiger charge is 2.47. The number of rotatable bonds is 4. The van der Waals surface area contributed by atoms with E-state index in [-0.39, 0.29) is 18.6 Å². The lowest BCUT2D eigenvalue weighted by Crippen LogP contribution is -2.43. The number of carboxylic acids is 1. The Kier molecular flexibility index (Phi) is 3.54. The number of aliphatic carboxylic acids is 1. The van der Waals surface area contributed by atoms with Gasteiger partial charge in [-0.05, 0) is 6.92 Å². The van der Waals surface area contributed by atoms with Crippen LogP contribution in [0.3, 0.4) is 0 Å². The minimum absolute atomic E-state index is 0.218. The SMILES string of the molecule is CC(C)c1nsc(NC2COCC2(C)C(=O)O)n1. The van der Waals surface area contributed by atoms with Crippen molar-refractivity contribution in [3.63, 3.8) is 0 Å². The van der Waals surface area contributed by atoms with E-state index in [2.05, 4.69) is 14.7 Å². The van der Waals surface area contributed by atoms with Gasteiger partial charge in [-0.2, -0.15) is 4.37 Å². The first kappa shape index (κ1) is 13.2. The van der Waals surface area contributed by atoms with E-state index in [4.69, 9.17) is 4.74 Å². The molecule has 6 nitrogen and oxygen atoms in total. The van der Waals surface area contributed by atoms with E-state index in [0.717, 1.165) is 5.82 Å². The van der Waals surface area contributed by atoms with Gasteiger partial charge in [0.1, 0.15) is 11.2 Å². The van der Waals surface area contributed by atoms with Crippen molar-refractivity contribution in [2.45, 2.75) is 32.7 Å². The molecular formula is C11H17N3O3S. The van der Waals surface area contributed by atoms with Crippen LogP contribution < -0.4 is 5.32 Å². The standard InChI is InChI=1S/C11H17N3O3S/c1-6(2)8-13-10(18-14-8)12-7-4-17-5-11(7,3)9(15)16/h6-7H,4-5H2,1-3H3,(H,15,16)(H,12,13,14). The second-order valence-electron chi connectivity index (χ2n) is 5.05. The summed E-state index contributed by atoms with van der Waals surface area (Å²) in [6.45, 7) is 6.32. The van der Waals surface area contributed by atoms with E-state index >= 15 is 0 Å². The van der Waals surface area contributed by atoms with Gasteiger partial charge in [-0.1, -0.05) is 13.8 Å². The number of nitrogens with one attached hydrogen (secondary N) is 1. The highest BCUT2D eigenvalue weighted by Crippen LogP contribution is 2.31. The summed E-state index contributed by atoms with van der Waals surface area (Å²) in [5.41, 5.74) is -0.913. The van der Waals surface area contributed by atoms with Crippen molar-refractivity contribution in [3.8, 4) is 0 Å². The summed E-state index contributed by atoms with van der Waals surface area (Å²) in [6, 6.07) is -0.275. The molecule has 100 valence electrons. The molecular weight excluding hydrogens is 254 g/mol. The molecule has 1 fully saturated rings. The summed E-state index contributed by atoms with van der Waals surface area (Å²) in [4.78, 5) is 15.6. The lowest BCUT2D eigenvalue weighted by Gasteiger charge is -2.24. The second-order valence-corrected chi connectivity index (χ2v) is 5.80. The van der Waals surface area contributed by atoms with Crippen LogP contribution in [-0.2, 0) is 9.53 Å². The zero-order valence-corrected chi connectivity index (χ0v) is 11.5. The highest BCUT2D eigenvalue weighted by molar-refractivity contribution is 7.09. The summed E-state index contributed by atoms with van der Waals surface area (Å²) in [7, 11) is 0. The topological polar surface area (TPSA) is 84.3 Å². The summed E-state index contributed by atoms with van der Waals surface area (Å²) < 4.78 is 9.50. The molecule has 2 heterocycles. The second kappa shape index (κ2) is 4.81. The summed E-state index contributed by atoms with van der Waals surface area (Å²) in [6.07, 6.45) is 0. The molecule has 2 unspecified atom stereocenters. The Bertz CT molecular complexity index is 448. The molecule has 0 spiro atoms. The molecule has 2 atom stereocenters. The van der Waals surface area contributed by atoms with Gasteiger partial charge in [-0.25, -0.2) is 4.98 Å². The van der Waals surface area contributed by atoms with E-state index in [1.165, 1.54) is 11.5 Å². The molecule has 1 aromatic heterocycles. The maximum atomic E-state index is 11.3. The lowest BCUT2D eigenvalue weighted by molar-refractivity contribution is -0.148. The van der Waals surface area contributed by atoms with Crippen molar-refractivity contribution in [1.82, 2.24) is 9.36 Å². The molecule has 1 saturated heterocycles. The van der Waals surface area contributed by atoms with Gasteiger partial charge in [0, 0.05) is 17.5 Å². The van der Waals surface area contributed by atoms with Gasteiger partial charge in [0.2, 0.25) is 5.13 Å². The van der Waals surface area contributed by atoms with Crippen molar-refractivity contribution in [2.75, 3.05) is 18.5 Å². The van der Waals surface area contributed by atoms with Gasteiger partial charge in [-0.3, -0.25) is 4.79 Å². The van der Waals surface area contributed by atoms with Gasteiger partial charge >= 0.3 is 5.97 Å². The molecule has 18 heavy (non-hydrogen) atoms. The normalized spacial score (nSPS) is 27.7. The van der Waals surface area contributed by atoms with E-state index in [9.17, 15) is 9.90 Å². The minimum Gasteiger partial charge on any atom is -0.481 e. The van der Waals surface area contributed by atoms with Crippen LogP contribution in [-0.4, -0.2) is 39.7 Å². The Morgan fingerprint density at radius 2 is 2.39 bits per heavy atom. The minimum atomic E-state index is -0.913. The molecule has 0 aromatic carbocycles. The number of carboxylic acid groups (broad SMARTS) is 1. The maximum Gasteiger partial charge on any atom is 0.313 e. The van der Waals surface area contributed by atoms with Crippen LogP contribution in [0.2, 0.25) is 0 Å². The van der Waals surface area contributed by atoms with Crippen LogP contribution in [0.4, 0.5) is 5.13 Å². The average molecular weight is 271 g/mol. The molecule has 0 amide bonds. The fourth-order valence-corrected chi connectivity index (χ4v) is 2.52. The van der Waals surface area contributed by atoms with Gasteiger partial charge in [-0.15, -0.1) is 0 Å². The van der Waals surface area contributed by atoms with Crippen molar-refractivity contribution in [1.29, 1.82) is 0 Å². The highest BCUT2D eigenvalue weighted by atomic mass is 32.1. The molecule has 0 bridgehead atoms. The predicted molar refractivity (Wildman–Crippen MR) is 68.0 cm³/mol. The lowest BCUT2D eigenvalue weighted by atomic mass is 9.85. The first-order chi connectivity index (χ1) is 8.43. The van der Waals surface area contributed by atoms with Crippen molar-refractivity contribution >= 4 is 22.6 Å². The molecule has 1 aliphatic heterocycles. The molecule has 0 radical (unpaired) electrons. The molecule has 1 aliphatic rings. The van der Waals surface area contributed by atoms with Gasteiger partial charge in [0.05, 0.1) is 19.3 Å². The molecule has 0 aliphatic carbocycles. The van der Waals surface area contributed by atoms with E-state index in [0.29, 0.717) is 11.7 Å². The first-order valence-electron chi connectivity index (χ1n) is 5.85. The Hall–Kier alpha value is -1.21. The van der Waals surface area contributed by atoms with Gasteiger partial charge in [0.25, 0.3) is 0 Å². The summed E-state index contributed by atoms with van der Waals surface area (Å²) in [5.74, 6) is 0.187. The van der Waals surface area contributed by atoms with Crippen LogP contribution >= 0.6 is 11.5 Å². The van der Waals surface area contributed by atoms with E-state index in [1.807, 2.05) is 13.8 Å². The number of aromatic nitrogens is 2. The largest absolute Gasteiger partial charge is 0.481 e. The first-order valence-corrected chi connectivity index (χ1v) is 6.62. The monoisotopic (exact) mass is 271 g/mol. The third kappa shape index (κ3) is 2.32. The predicted octanol–water partition coefficient (Wildman–Crippen LogP) is 1.56. The van der Waals surface area contributed by atoms with Gasteiger partial charge in [0.15, 0.2) is 0 Å². The molecule has 2 rings (SSSR count). The Labute approximate surface area is 110 Å². The Balaban J connectivity index is 2.10. The van der Waals surface area contributed by atoms with Crippen LogP contribution in [0.15, 0.2) is 0 Å². The third-order valence-electron chi connectivity index (χ3n) is 3.20. The number of ether oxygens (including phenoxy) is 1. The molecule has 2 N–H and O–H groups in total. The number of hydrogen-bond acceptors (Lipinski definition) is 6. The summed E-state index contributed by atoms with van der Waals surface area (Å²) in [5, 5.41) is 13.0. The van der Waals surface area contributed by atoms with Crippen LogP contribution in [0.5, 0.6) is 0 Å². The van der Waals surface area contributed by atoms with Crippen LogP contribution in [0, 0.1) is 5.41 Å².